The van der Waals surface area contributed by atoms with Gasteiger partial charge in [0.05, 0.1) is 31.7 Å². The van der Waals surface area contributed by atoms with Crippen molar-refractivity contribution < 1.29 is 38.0 Å². The predicted octanol–water partition coefficient (Wildman–Crippen LogP) is -0.0203. The largest absolute Gasteiger partial charge is 1.00 e. The highest BCUT2D eigenvalue weighted by Crippen LogP contribution is 2.63. The van der Waals surface area contributed by atoms with Crippen LogP contribution >= 0.6 is 0 Å². The number of fused-ring (bicyclic) bond motifs is 2. The Balaban J connectivity index is 0.00000168. The molecule has 26 heavy (non-hydrogen) atoms. The minimum absolute atomic E-state index is 0. The van der Waals surface area contributed by atoms with E-state index in [0.717, 1.165) is 41.7 Å². The van der Waals surface area contributed by atoms with Crippen molar-refractivity contribution in [2.45, 2.75) is 31.2 Å². The van der Waals surface area contributed by atoms with Crippen LogP contribution in [0.15, 0.2) is 47.2 Å². The Bertz CT molecular complexity index is 861. The van der Waals surface area contributed by atoms with Crippen molar-refractivity contribution in [3.05, 3.63) is 52.7 Å². The summed E-state index contributed by atoms with van der Waals surface area (Å²) in [5, 5.41) is 3.65. The van der Waals surface area contributed by atoms with Gasteiger partial charge in [-0.2, -0.15) is 0 Å². The molecule has 138 valence electrons. The van der Waals surface area contributed by atoms with Gasteiger partial charge in [-0.05, 0) is 24.1 Å². The highest BCUT2D eigenvalue weighted by atomic mass is 127. The smallest absolute Gasteiger partial charge is 0.336 e. The third-order valence-corrected chi connectivity index (χ3v) is 7.30. The third-order valence-electron chi connectivity index (χ3n) is 7.30. The summed E-state index contributed by atoms with van der Waals surface area (Å²) >= 11 is 0. The number of allylic oxidation sites excluding steroid dienone is 1. The van der Waals surface area contributed by atoms with Crippen molar-refractivity contribution in [2.75, 3.05) is 32.6 Å². The molecule has 1 aromatic rings. The van der Waals surface area contributed by atoms with E-state index in [2.05, 4.69) is 49.6 Å². The number of carbonyl (C=O) groups is 1. The minimum atomic E-state index is -0.166. The van der Waals surface area contributed by atoms with E-state index in [1.54, 1.807) is 0 Å². The van der Waals surface area contributed by atoms with Gasteiger partial charge >= 0.3 is 5.97 Å². The number of carbonyl (C=O) groups excluding carboxylic acids is 1. The standard InChI is InChI=1S/C21H24N2O2.HI/c1-4-13-12-23(2)10-9-21-15-7-5-6-8-16(15)22-19(21)18(20(24)25-3)14(13)11-17(21)23;/h4-8,14,17H,9-12H2,1-3H3;1H/b13-4-;/t14-,17-,21+,23?;/m0./s1. The first-order chi connectivity index (χ1) is 12.0. The molecule has 4 aliphatic rings. The fourth-order valence-corrected chi connectivity index (χ4v) is 6.23. The van der Waals surface area contributed by atoms with Crippen LogP contribution in [-0.2, 0) is 14.9 Å². The number of methoxy groups -OCH3 is 1. The van der Waals surface area contributed by atoms with Crippen LogP contribution in [0.1, 0.15) is 25.3 Å². The van der Waals surface area contributed by atoms with E-state index < -0.39 is 0 Å². The van der Waals surface area contributed by atoms with Crippen LogP contribution in [0, 0.1) is 5.92 Å². The Kier molecular flexibility index (Phi) is 4.04. The molecule has 3 aliphatic heterocycles. The number of esters is 1. The number of halogens is 1. The van der Waals surface area contributed by atoms with Gasteiger partial charge in [0.2, 0.25) is 0 Å². The average molecular weight is 464 g/mol. The first-order valence-corrected chi connectivity index (χ1v) is 9.24. The molecule has 0 saturated carbocycles. The first kappa shape index (κ1) is 18.0. The molecule has 0 aromatic heterocycles. The summed E-state index contributed by atoms with van der Waals surface area (Å²) in [7, 11) is 3.91. The maximum absolute atomic E-state index is 12.8. The molecular weight excluding hydrogens is 439 g/mol. The van der Waals surface area contributed by atoms with Gasteiger partial charge in [-0.15, -0.1) is 0 Å². The predicted molar refractivity (Wildman–Crippen MR) is 97.0 cm³/mol. The molecular formula is C21H25IN2O2. The average Bonchev–Trinajstić information content (AvgIpc) is 3.14. The lowest BCUT2D eigenvalue weighted by Crippen LogP contribution is -3.00. The molecule has 4 atom stereocenters. The molecule has 0 radical (unpaired) electrons. The number of anilines is 1. The second-order valence-electron chi connectivity index (χ2n) is 8.20. The lowest BCUT2D eigenvalue weighted by molar-refractivity contribution is -0.923. The number of hydrogen-bond acceptors (Lipinski definition) is 3. The van der Waals surface area contributed by atoms with E-state index >= 15 is 0 Å². The molecule has 2 saturated heterocycles. The summed E-state index contributed by atoms with van der Waals surface area (Å²) in [6, 6.07) is 9.13. The van der Waals surface area contributed by atoms with E-state index in [1.807, 2.05) is 0 Å². The molecule has 2 bridgehead atoms. The molecule has 0 amide bonds. The van der Waals surface area contributed by atoms with Crippen molar-refractivity contribution in [1.82, 2.24) is 0 Å². The summed E-state index contributed by atoms with van der Waals surface area (Å²) in [5.41, 5.74) is 5.88. The normalized spacial score (nSPS) is 37.6. The molecule has 5 heteroatoms. The molecule has 3 heterocycles. The number of para-hydroxylation sites is 1. The Hall–Kier alpha value is -1.34. The van der Waals surface area contributed by atoms with Gasteiger partial charge in [0.25, 0.3) is 0 Å². The molecule has 2 fully saturated rings. The highest BCUT2D eigenvalue weighted by Gasteiger charge is 2.68. The molecule has 1 aliphatic carbocycles. The fourth-order valence-electron chi connectivity index (χ4n) is 6.23. The Morgan fingerprint density at radius 1 is 1.38 bits per heavy atom. The van der Waals surface area contributed by atoms with Gasteiger partial charge in [-0.3, -0.25) is 0 Å². The zero-order valence-corrected chi connectivity index (χ0v) is 17.7. The van der Waals surface area contributed by atoms with E-state index in [0.29, 0.717) is 6.04 Å². The Morgan fingerprint density at radius 3 is 2.88 bits per heavy atom. The number of nitrogens with one attached hydrogen (secondary N) is 1. The van der Waals surface area contributed by atoms with Crippen molar-refractivity contribution >= 4 is 11.7 Å². The van der Waals surface area contributed by atoms with Crippen LogP contribution in [0.5, 0.6) is 0 Å². The first-order valence-electron chi connectivity index (χ1n) is 9.24. The molecule has 1 N–H and O–H groups in total. The summed E-state index contributed by atoms with van der Waals surface area (Å²) < 4.78 is 6.33. The fraction of sp³-hybridized carbons (Fsp3) is 0.476. The number of rotatable bonds is 1. The number of piperidine rings is 1. The van der Waals surface area contributed by atoms with Gasteiger partial charge in [0, 0.05) is 30.1 Å². The molecule has 4 nitrogen and oxygen atoms in total. The third kappa shape index (κ3) is 1.96. The van der Waals surface area contributed by atoms with Crippen LogP contribution in [0.2, 0.25) is 0 Å². The minimum Gasteiger partial charge on any atom is -1.00 e. The van der Waals surface area contributed by atoms with Gasteiger partial charge in [-0.1, -0.05) is 24.3 Å². The molecule has 5 rings (SSSR count). The summed E-state index contributed by atoms with van der Waals surface area (Å²) in [6.07, 6.45) is 4.36. The zero-order valence-electron chi connectivity index (χ0n) is 15.5. The number of ether oxygens (including phenoxy) is 1. The summed E-state index contributed by atoms with van der Waals surface area (Å²) in [4.78, 5) is 12.8. The van der Waals surface area contributed by atoms with E-state index in [4.69, 9.17) is 4.74 Å². The van der Waals surface area contributed by atoms with Gasteiger partial charge in [0.15, 0.2) is 0 Å². The lowest BCUT2D eigenvalue weighted by Gasteiger charge is -2.51. The Labute approximate surface area is 171 Å². The number of benzene rings is 1. The van der Waals surface area contributed by atoms with Crippen molar-refractivity contribution in [3.63, 3.8) is 0 Å². The second kappa shape index (κ2) is 5.83. The van der Waals surface area contributed by atoms with Crippen LogP contribution in [0.3, 0.4) is 0 Å². The van der Waals surface area contributed by atoms with Gasteiger partial charge in [0.1, 0.15) is 12.6 Å². The quantitative estimate of drug-likeness (QED) is 0.275. The molecule has 1 unspecified atom stereocenters. The second-order valence-corrected chi connectivity index (χ2v) is 8.20. The SMILES string of the molecule is C/C=C1/C[N+]2(C)CC[C@]34C(=C(C(=O)OC)[C@H]1C[C@@H]32)Nc1ccccc14.[I-]. The Morgan fingerprint density at radius 2 is 2.15 bits per heavy atom. The van der Waals surface area contributed by atoms with Crippen LogP contribution in [0.25, 0.3) is 0 Å². The number of likely N-dealkylation sites (N-methyl/N-ethyl adjacent to an activating group) is 1. The van der Waals surface area contributed by atoms with Crippen molar-refractivity contribution in [3.8, 4) is 0 Å². The van der Waals surface area contributed by atoms with Gasteiger partial charge in [-0.25, -0.2) is 4.79 Å². The van der Waals surface area contributed by atoms with Crippen molar-refractivity contribution in [2.24, 2.45) is 5.92 Å². The topological polar surface area (TPSA) is 38.3 Å². The van der Waals surface area contributed by atoms with Crippen LogP contribution in [0.4, 0.5) is 5.69 Å². The number of nitrogens with zero attached hydrogens (tertiary/aromatic N) is 1. The zero-order chi connectivity index (χ0) is 17.4. The molecule has 1 aromatic carbocycles. The van der Waals surface area contributed by atoms with E-state index in [1.165, 1.54) is 23.9 Å². The van der Waals surface area contributed by atoms with E-state index in [9.17, 15) is 4.79 Å². The van der Waals surface area contributed by atoms with Crippen LogP contribution in [-0.4, -0.2) is 43.7 Å². The summed E-state index contributed by atoms with van der Waals surface area (Å²) in [6.45, 7) is 4.31. The highest BCUT2D eigenvalue weighted by molar-refractivity contribution is 5.94. The number of hydrogen-bond donors (Lipinski definition) is 1. The molecule has 1 spiro atoms. The maximum Gasteiger partial charge on any atom is 0.336 e. The van der Waals surface area contributed by atoms with Gasteiger partial charge < -0.3 is 38.5 Å². The van der Waals surface area contributed by atoms with Crippen LogP contribution < -0.4 is 29.3 Å². The van der Waals surface area contributed by atoms with E-state index in [-0.39, 0.29) is 41.3 Å². The lowest BCUT2D eigenvalue weighted by atomic mass is 9.61. The maximum atomic E-state index is 12.8. The van der Waals surface area contributed by atoms with Crippen molar-refractivity contribution in [1.29, 1.82) is 0 Å². The monoisotopic (exact) mass is 464 g/mol. The number of quaternary nitrogens is 1. The summed E-state index contributed by atoms with van der Waals surface area (Å²) in [5.74, 6) is 0.0252.